The Morgan fingerprint density at radius 3 is 2.07 bits per heavy atom. The molecule has 13 nitrogen and oxygen atoms in total. The monoisotopic (exact) mass is 803 g/mol. The summed E-state index contributed by atoms with van der Waals surface area (Å²) in [6, 6.07) is 26.7. The fourth-order valence-electron chi connectivity index (χ4n) is 7.26. The summed E-state index contributed by atoms with van der Waals surface area (Å²) in [5, 5.41) is 9.36. The second-order valence-electron chi connectivity index (χ2n) is 14.3. The maximum atomic E-state index is 18.0. The van der Waals surface area contributed by atoms with Crippen molar-refractivity contribution in [3.05, 3.63) is 108 Å². The van der Waals surface area contributed by atoms with Crippen LogP contribution in [0.15, 0.2) is 85.2 Å². The van der Waals surface area contributed by atoms with E-state index in [9.17, 15) is 9.65 Å². The topological polar surface area (TPSA) is 152 Å². The molecule has 0 saturated carbocycles. The number of anilines is 1. The number of alkyl halides is 1. The van der Waals surface area contributed by atoms with Gasteiger partial charge < -0.3 is 33.7 Å². The molecule has 1 saturated heterocycles. The molecule has 0 spiro atoms. The molecule has 5 aromatic rings. The van der Waals surface area contributed by atoms with Gasteiger partial charge in [-0.05, 0) is 75.6 Å². The van der Waals surface area contributed by atoms with Crippen LogP contribution in [0, 0.1) is 17.4 Å². The molecule has 1 aliphatic rings. The van der Waals surface area contributed by atoms with Crippen LogP contribution in [-0.2, 0) is 24.1 Å². The molecule has 0 bridgehead atoms. The number of fused-ring (bicyclic) bond motifs is 1. The predicted octanol–water partition coefficient (Wildman–Crippen LogP) is 7.86. The Labute approximate surface area is 332 Å². The lowest BCUT2D eigenvalue weighted by Crippen LogP contribution is -2.45. The molecule has 16 heteroatoms. The SMILES string of the molecule is COc1ccc(C(OC[C@H]2O[C@@H](n3cnc4c(N)nc(F)nc43)C(C)(F)[C@@H]2OP(OCCC#N)N(C(C)C)C(C)C)(c2ccccc2)c2ccc(OC)cc2)cc1. The first-order valence-electron chi connectivity index (χ1n) is 18.6. The Bertz CT molecular complexity index is 2080. The van der Waals surface area contributed by atoms with E-state index < -0.39 is 44.3 Å². The molecular weight excluding hydrogens is 755 g/mol. The molecule has 2 N–H and O–H groups in total. The zero-order chi connectivity index (χ0) is 40.9. The number of nitrogen functional groups attached to an aromatic ring is 1. The lowest BCUT2D eigenvalue weighted by molar-refractivity contribution is -0.0939. The van der Waals surface area contributed by atoms with E-state index in [1.165, 1.54) is 17.8 Å². The fourth-order valence-corrected chi connectivity index (χ4v) is 9.11. The van der Waals surface area contributed by atoms with Crippen LogP contribution >= 0.6 is 8.53 Å². The molecule has 302 valence electrons. The number of ether oxygens (including phenoxy) is 4. The van der Waals surface area contributed by atoms with E-state index in [4.69, 9.17) is 33.7 Å². The number of hydrogen-bond donors (Lipinski definition) is 1. The molecular formula is C41H48F2N7O6P. The first-order valence-corrected chi connectivity index (χ1v) is 19.7. The van der Waals surface area contributed by atoms with Gasteiger partial charge in [0.15, 0.2) is 28.9 Å². The lowest BCUT2D eigenvalue weighted by atomic mass is 9.80. The maximum Gasteiger partial charge on any atom is 0.312 e. The largest absolute Gasteiger partial charge is 0.497 e. The van der Waals surface area contributed by atoms with Gasteiger partial charge in [0, 0.05) is 12.1 Å². The number of rotatable bonds is 17. The van der Waals surface area contributed by atoms with Gasteiger partial charge in [-0.3, -0.25) is 4.57 Å². The quantitative estimate of drug-likeness (QED) is 0.0422. The van der Waals surface area contributed by atoms with Crippen LogP contribution in [-0.4, -0.2) is 81.6 Å². The van der Waals surface area contributed by atoms with Crippen LogP contribution in [0.4, 0.5) is 14.6 Å². The fraction of sp³-hybridized carbons (Fsp3) is 0.415. The van der Waals surface area contributed by atoms with Crippen LogP contribution in [0.25, 0.3) is 11.2 Å². The molecule has 0 aliphatic carbocycles. The number of benzene rings is 3. The summed E-state index contributed by atoms with van der Waals surface area (Å²) < 4.78 is 73.8. The van der Waals surface area contributed by atoms with Gasteiger partial charge in [-0.2, -0.15) is 19.6 Å². The first kappa shape index (κ1) is 41.8. The van der Waals surface area contributed by atoms with Gasteiger partial charge in [-0.15, -0.1) is 0 Å². The van der Waals surface area contributed by atoms with Crippen molar-refractivity contribution in [3.63, 3.8) is 0 Å². The second-order valence-corrected chi connectivity index (χ2v) is 15.7. The van der Waals surface area contributed by atoms with Crippen molar-refractivity contribution in [3.8, 4) is 17.6 Å². The van der Waals surface area contributed by atoms with Gasteiger partial charge >= 0.3 is 6.08 Å². The average Bonchev–Trinajstić information content (AvgIpc) is 3.72. The Kier molecular flexibility index (Phi) is 13.0. The number of imidazole rings is 1. The normalized spacial score (nSPS) is 20.4. The Morgan fingerprint density at radius 1 is 0.947 bits per heavy atom. The standard InChI is InChI=1S/C41H48F2N7O6P/c1-26(2)50(27(3)4)57(54-23-11-22-44)56-35-33(55-38(40(35,5)43)49-25-46-34-36(45)47-39(42)48-37(34)49)24-53-41(28-12-9-8-10-13-28,29-14-18-31(51-6)19-15-29)30-16-20-32(52-7)21-17-30/h8-10,12-21,25-27,33,35,38H,11,23-24H2,1-7H3,(H2,45,47,48)/t33-,35-,38-,40?,57?/m1/s1. The zero-order valence-corrected chi connectivity index (χ0v) is 33.9. The third kappa shape index (κ3) is 8.43. The van der Waals surface area contributed by atoms with Crippen LogP contribution in [0.1, 0.15) is 64.0 Å². The van der Waals surface area contributed by atoms with E-state index in [1.54, 1.807) is 14.2 Å². The highest BCUT2D eigenvalue weighted by molar-refractivity contribution is 7.44. The molecule has 57 heavy (non-hydrogen) atoms. The molecule has 3 heterocycles. The van der Waals surface area contributed by atoms with E-state index >= 15 is 4.39 Å². The van der Waals surface area contributed by atoms with Crippen LogP contribution < -0.4 is 15.2 Å². The minimum atomic E-state index is -2.33. The smallest absolute Gasteiger partial charge is 0.312 e. The van der Waals surface area contributed by atoms with Crippen molar-refractivity contribution < 1.29 is 36.8 Å². The highest BCUT2D eigenvalue weighted by atomic mass is 31.2. The highest BCUT2D eigenvalue weighted by Gasteiger charge is 2.59. The van der Waals surface area contributed by atoms with Crippen molar-refractivity contribution in [2.45, 2.75) is 82.8 Å². The van der Waals surface area contributed by atoms with Crippen molar-refractivity contribution in [2.75, 3.05) is 33.2 Å². The van der Waals surface area contributed by atoms with E-state index in [-0.39, 0.29) is 48.7 Å². The van der Waals surface area contributed by atoms with Crippen LogP contribution in [0.2, 0.25) is 0 Å². The molecule has 3 aromatic carbocycles. The first-order chi connectivity index (χ1) is 27.3. The van der Waals surface area contributed by atoms with Crippen molar-refractivity contribution in [2.24, 2.45) is 0 Å². The minimum absolute atomic E-state index is 0.0530. The third-order valence-electron chi connectivity index (χ3n) is 9.86. The molecule has 2 unspecified atom stereocenters. The van der Waals surface area contributed by atoms with Gasteiger partial charge in [0.05, 0.1) is 46.3 Å². The molecule has 0 radical (unpaired) electrons. The number of hydrogen-bond acceptors (Lipinski definition) is 12. The van der Waals surface area contributed by atoms with Gasteiger partial charge in [0.25, 0.3) is 8.53 Å². The number of aromatic nitrogens is 4. The Balaban J connectivity index is 1.49. The van der Waals surface area contributed by atoms with Gasteiger partial charge in [-0.1, -0.05) is 54.6 Å². The van der Waals surface area contributed by atoms with Crippen molar-refractivity contribution >= 4 is 25.5 Å². The van der Waals surface area contributed by atoms with Gasteiger partial charge in [-0.25, -0.2) is 14.0 Å². The number of nitriles is 1. The molecule has 1 aliphatic heterocycles. The third-order valence-corrected chi connectivity index (χ3v) is 12.0. The molecule has 5 atom stereocenters. The lowest BCUT2D eigenvalue weighted by Gasteiger charge is -2.40. The maximum absolute atomic E-state index is 18.0. The number of nitrogens with two attached hydrogens (primary N) is 1. The summed E-state index contributed by atoms with van der Waals surface area (Å²) in [6.45, 7) is 9.16. The zero-order valence-electron chi connectivity index (χ0n) is 33.0. The van der Waals surface area contributed by atoms with E-state index in [0.29, 0.717) is 11.5 Å². The summed E-state index contributed by atoms with van der Waals surface area (Å²) in [5.74, 6) is 1.10. The summed E-state index contributed by atoms with van der Waals surface area (Å²) in [5.41, 5.74) is 4.72. The molecule has 2 aromatic heterocycles. The summed E-state index contributed by atoms with van der Waals surface area (Å²) >= 11 is 0. The van der Waals surface area contributed by atoms with Crippen molar-refractivity contribution in [1.29, 1.82) is 5.26 Å². The predicted molar refractivity (Wildman–Crippen MR) is 211 cm³/mol. The highest BCUT2D eigenvalue weighted by Crippen LogP contribution is 2.54. The number of halogens is 2. The van der Waals surface area contributed by atoms with Crippen molar-refractivity contribution in [1.82, 2.24) is 24.2 Å². The summed E-state index contributed by atoms with van der Waals surface area (Å²) in [7, 11) is 1.23. The molecule has 6 rings (SSSR count). The summed E-state index contributed by atoms with van der Waals surface area (Å²) in [4.78, 5) is 11.8. The minimum Gasteiger partial charge on any atom is -0.497 e. The summed E-state index contributed by atoms with van der Waals surface area (Å²) in [6.07, 6.45) is -3.58. The number of nitrogens with zero attached hydrogens (tertiary/aromatic N) is 6. The second kappa shape index (κ2) is 17.8. The van der Waals surface area contributed by atoms with Gasteiger partial charge in [0.1, 0.15) is 29.3 Å². The van der Waals surface area contributed by atoms with E-state index in [1.807, 2.05) is 111 Å². The van der Waals surface area contributed by atoms with Crippen LogP contribution in [0.3, 0.4) is 0 Å². The van der Waals surface area contributed by atoms with Gasteiger partial charge in [0.2, 0.25) is 0 Å². The molecule has 1 fully saturated rings. The Morgan fingerprint density at radius 2 is 1.53 bits per heavy atom. The number of methoxy groups -OCH3 is 2. The average molecular weight is 804 g/mol. The molecule has 0 amide bonds. The van der Waals surface area contributed by atoms with E-state index in [2.05, 4.69) is 21.0 Å². The van der Waals surface area contributed by atoms with Crippen LogP contribution in [0.5, 0.6) is 11.5 Å². The Hall–Kier alpha value is -4.81. The van der Waals surface area contributed by atoms with E-state index in [0.717, 1.165) is 16.7 Å².